The van der Waals surface area contributed by atoms with Crippen molar-refractivity contribution in [1.82, 2.24) is 24.8 Å². The predicted octanol–water partition coefficient (Wildman–Crippen LogP) is 1.33. The normalized spacial score (nSPS) is 14.2. The molecule has 1 aliphatic heterocycles. The van der Waals surface area contributed by atoms with Gasteiger partial charge in [-0.25, -0.2) is 19.2 Å². The second-order valence-corrected chi connectivity index (χ2v) is 6.32. The Labute approximate surface area is 159 Å². The Morgan fingerprint density at radius 2 is 1.71 bits per heavy atom. The number of carbonyl (C=O) groups is 1. The van der Waals surface area contributed by atoms with E-state index in [-0.39, 0.29) is 17.4 Å². The van der Waals surface area contributed by atoms with Gasteiger partial charge >= 0.3 is 5.69 Å². The largest absolute Gasteiger partial charge is 0.346 e. The molecular weight excluding hydrogens is 363 g/mol. The van der Waals surface area contributed by atoms with Crippen molar-refractivity contribution in [2.45, 2.75) is 0 Å². The number of anilines is 1. The third-order valence-electron chi connectivity index (χ3n) is 4.52. The first-order valence-electron chi connectivity index (χ1n) is 8.79. The Hall–Kier alpha value is -3.62. The van der Waals surface area contributed by atoms with E-state index in [0.717, 1.165) is 0 Å². The van der Waals surface area contributed by atoms with E-state index in [2.05, 4.69) is 19.9 Å². The number of halogens is 1. The Bertz CT molecular complexity index is 1030. The number of aromatic amines is 1. The summed E-state index contributed by atoms with van der Waals surface area (Å²) in [4.78, 5) is 43.3. The summed E-state index contributed by atoms with van der Waals surface area (Å²) in [5.74, 6) is -0.0350. The number of benzene rings is 1. The lowest BCUT2D eigenvalue weighted by molar-refractivity contribution is 0.0740. The number of piperazine rings is 1. The van der Waals surface area contributed by atoms with Crippen LogP contribution in [0, 0.1) is 5.82 Å². The van der Waals surface area contributed by atoms with Crippen LogP contribution in [0.3, 0.4) is 0 Å². The van der Waals surface area contributed by atoms with Crippen molar-refractivity contribution in [3.63, 3.8) is 0 Å². The number of nitrogens with one attached hydrogen (secondary N) is 1. The highest BCUT2D eigenvalue weighted by Gasteiger charge is 2.24. The van der Waals surface area contributed by atoms with Gasteiger partial charge in [-0.05, 0) is 36.4 Å². The predicted molar refractivity (Wildman–Crippen MR) is 100 cm³/mol. The van der Waals surface area contributed by atoms with Crippen LogP contribution < -0.4 is 10.6 Å². The molecule has 1 aliphatic rings. The van der Waals surface area contributed by atoms with Gasteiger partial charge in [0.25, 0.3) is 5.91 Å². The molecule has 1 N–H and O–H groups in total. The number of carbonyl (C=O) groups excluding carboxylic acids is 1. The minimum Gasteiger partial charge on any atom is -0.337 e. The second-order valence-electron chi connectivity index (χ2n) is 6.32. The van der Waals surface area contributed by atoms with E-state index in [4.69, 9.17) is 0 Å². The summed E-state index contributed by atoms with van der Waals surface area (Å²) in [5, 5.41) is 0. The first-order chi connectivity index (χ1) is 13.6. The van der Waals surface area contributed by atoms with Gasteiger partial charge in [0, 0.05) is 44.1 Å². The Morgan fingerprint density at radius 1 is 1.04 bits per heavy atom. The zero-order chi connectivity index (χ0) is 19.5. The lowest BCUT2D eigenvalue weighted by Gasteiger charge is -2.34. The van der Waals surface area contributed by atoms with E-state index >= 15 is 0 Å². The summed E-state index contributed by atoms with van der Waals surface area (Å²) in [6.45, 7) is 2.15. The summed E-state index contributed by atoms with van der Waals surface area (Å²) in [6.07, 6.45) is 3.36. The quantitative estimate of drug-likeness (QED) is 0.737. The molecule has 1 aromatic carbocycles. The summed E-state index contributed by atoms with van der Waals surface area (Å²) in [7, 11) is 0. The van der Waals surface area contributed by atoms with E-state index in [1.165, 1.54) is 30.3 Å². The first-order valence-corrected chi connectivity index (χ1v) is 8.79. The number of amides is 1. The number of H-pyrrole nitrogens is 1. The van der Waals surface area contributed by atoms with Gasteiger partial charge in [0.2, 0.25) is 5.95 Å². The fraction of sp³-hybridized carbons (Fsp3) is 0.211. The number of hydrogen-bond donors (Lipinski definition) is 1. The average Bonchev–Trinajstić information content (AvgIpc) is 2.74. The van der Waals surface area contributed by atoms with E-state index in [0.29, 0.717) is 43.4 Å². The fourth-order valence-electron chi connectivity index (χ4n) is 3.08. The molecule has 2 aromatic heterocycles. The van der Waals surface area contributed by atoms with Crippen molar-refractivity contribution < 1.29 is 9.18 Å². The minimum absolute atomic E-state index is 0.156. The van der Waals surface area contributed by atoms with Crippen LogP contribution in [0.1, 0.15) is 10.5 Å². The lowest BCUT2D eigenvalue weighted by Crippen LogP contribution is -2.49. The van der Waals surface area contributed by atoms with Crippen LogP contribution in [0.5, 0.6) is 0 Å². The molecule has 0 bridgehead atoms. The first kappa shape index (κ1) is 17.8. The van der Waals surface area contributed by atoms with Crippen molar-refractivity contribution in [1.29, 1.82) is 0 Å². The van der Waals surface area contributed by atoms with Crippen LogP contribution in [-0.2, 0) is 0 Å². The molecule has 3 aromatic rings. The summed E-state index contributed by atoms with van der Waals surface area (Å²) in [6, 6.07) is 8.87. The SMILES string of the molecule is O=C(c1cc(-c2ccc(F)cc2)nc(=O)[nH]1)N1CCN(c2ncccn2)CC1. The fourth-order valence-corrected chi connectivity index (χ4v) is 3.08. The van der Waals surface area contributed by atoms with Gasteiger partial charge < -0.3 is 14.8 Å². The Morgan fingerprint density at radius 3 is 2.39 bits per heavy atom. The molecule has 0 saturated carbocycles. The van der Waals surface area contributed by atoms with Crippen molar-refractivity contribution in [2.24, 2.45) is 0 Å². The molecule has 9 heteroatoms. The molecule has 28 heavy (non-hydrogen) atoms. The molecule has 0 aliphatic carbocycles. The van der Waals surface area contributed by atoms with Crippen molar-refractivity contribution >= 4 is 11.9 Å². The third kappa shape index (κ3) is 3.73. The molecule has 1 fully saturated rings. The van der Waals surface area contributed by atoms with E-state index in [1.807, 2.05) is 4.90 Å². The van der Waals surface area contributed by atoms with Crippen LogP contribution >= 0.6 is 0 Å². The number of rotatable bonds is 3. The molecule has 0 spiro atoms. The third-order valence-corrected chi connectivity index (χ3v) is 4.52. The molecule has 8 nitrogen and oxygen atoms in total. The van der Waals surface area contributed by atoms with Gasteiger partial charge in [-0.3, -0.25) is 4.79 Å². The molecule has 0 atom stereocenters. The summed E-state index contributed by atoms with van der Waals surface area (Å²) in [5.41, 5.74) is 0.418. The highest BCUT2D eigenvalue weighted by molar-refractivity contribution is 5.93. The Balaban J connectivity index is 1.51. The average molecular weight is 380 g/mol. The zero-order valence-electron chi connectivity index (χ0n) is 14.9. The molecule has 1 amide bonds. The van der Waals surface area contributed by atoms with Gasteiger partial charge in [0.15, 0.2) is 0 Å². The van der Waals surface area contributed by atoms with Gasteiger partial charge in [-0.2, -0.15) is 4.98 Å². The van der Waals surface area contributed by atoms with Gasteiger partial charge in [-0.1, -0.05) is 0 Å². The van der Waals surface area contributed by atoms with Crippen molar-refractivity contribution in [3.05, 3.63) is 70.8 Å². The van der Waals surface area contributed by atoms with E-state index < -0.39 is 5.69 Å². The zero-order valence-corrected chi connectivity index (χ0v) is 14.9. The number of nitrogens with zero attached hydrogens (tertiary/aromatic N) is 5. The van der Waals surface area contributed by atoms with Crippen molar-refractivity contribution in [3.8, 4) is 11.3 Å². The summed E-state index contributed by atoms with van der Waals surface area (Å²) >= 11 is 0. The van der Waals surface area contributed by atoms with Gasteiger partial charge in [0.1, 0.15) is 11.5 Å². The molecule has 0 radical (unpaired) electrons. The van der Waals surface area contributed by atoms with Crippen LogP contribution in [0.2, 0.25) is 0 Å². The number of hydrogen-bond acceptors (Lipinski definition) is 6. The number of aromatic nitrogens is 4. The second kappa shape index (κ2) is 7.55. The van der Waals surface area contributed by atoms with Gasteiger partial charge in [0.05, 0.1) is 5.69 Å². The molecular formula is C19H17FN6O2. The maximum absolute atomic E-state index is 13.1. The molecule has 0 unspecified atom stereocenters. The maximum atomic E-state index is 13.1. The van der Waals surface area contributed by atoms with E-state index in [1.54, 1.807) is 23.4 Å². The van der Waals surface area contributed by atoms with Gasteiger partial charge in [-0.15, -0.1) is 0 Å². The van der Waals surface area contributed by atoms with Crippen LogP contribution in [-0.4, -0.2) is 56.9 Å². The van der Waals surface area contributed by atoms with Crippen LogP contribution in [0.15, 0.2) is 53.6 Å². The molecule has 4 rings (SSSR count). The molecule has 3 heterocycles. The minimum atomic E-state index is -0.624. The standard InChI is InChI=1S/C19H17FN6O2/c20-14-4-2-13(3-5-14)15-12-16(24-19(28)23-15)17(27)25-8-10-26(11-9-25)18-21-6-1-7-22-18/h1-7,12H,8-11H2,(H,23,24,28). The highest BCUT2D eigenvalue weighted by Crippen LogP contribution is 2.18. The maximum Gasteiger partial charge on any atom is 0.346 e. The van der Waals surface area contributed by atoms with E-state index in [9.17, 15) is 14.0 Å². The molecule has 142 valence electrons. The summed E-state index contributed by atoms with van der Waals surface area (Å²) < 4.78 is 13.1. The van der Waals surface area contributed by atoms with Crippen LogP contribution in [0.25, 0.3) is 11.3 Å². The van der Waals surface area contributed by atoms with Crippen molar-refractivity contribution in [2.75, 3.05) is 31.1 Å². The van der Waals surface area contributed by atoms with Crippen LogP contribution in [0.4, 0.5) is 10.3 Å². The molecule has 1 saturated heterocycles. The lowest BCUT2D eigenvalue weighted by atomic mass is 10.1. The smallest absolute Gasteiger partial charge is 0.337 e. The highest BCUT2D eigenvalue weighted by atomic mass is 19.1. The monoisotopic (exact) mass is 380 g/mol. The Kier molecular flexibility index (Phi) is 4.79. The topological polar surface area (TPSA) is 95.1 Å².